The maximum atomic E-state index is 12.2. The van der Waals surface area contributed by atoms with E-state index in [-0.39, 0.29) is 25.0 Å². The lowest BCUT2D eigenvalue weighted by molar-refractivity contribution is -0.142. The van der Waals surface area contributed by atoms with Gasteiger partial charge in [0.2, 0.25) is 5.91 Å². The molecule has 7 heteroatoms. The summed E-state index contributed by atoms with van der Waals surface area (Å²) in [7, 11) is 0. The molecule has 0 saturated heterocycles. The summed E-state index contributed by atoms with van der Waals surface area (Å²) in [5.74, 6) is -1.69. The van der Waals surface area contributed by atoms with Crippen LogP contribution in [0.15, 0.2) is 18.2 Å². The number of carbonyl (C=O) groups excluding carboxylic acids is 2. The van der Waals surface area contributed by atoms with E-state index in [0.29, 0.717) is 11.4 Å². The molecular weight excluding hydrogens is 300 g/mol. The van der Waals surface area contributed by atoms with E-state index >= 15 is 0 Å². The van der Waals surface area contributed by atoms with Gasteiger partial charge in [0.1, 0.15) is 18.3 Å². The van der Waals surface area contributed by atoms with Crippen LogP contribution in [0.2, 0.25) is 0 Å². The number of aliphatic carboxylic acids is 1. The number of amides is 2. The number of carboxylic acids is 1. The minimum Gasteiger partial charge on any atom is -0.482 e. The third-order valence-corrected chi connectivity index (χ3v) is 3.61. The van der Waals surface area contributed by atoms with Gasteiger partial charge in [-0.1, -0.05) is 19.9 Å². The van der Waals surface area contributed by atoms with E-state index in [1.54, 1.807) is 26.0 Å². The van der Waals surface area contributed by atoms with E-state index in [4.69, 9.17) is 9.84 Å². The number of benzene rings is 1. The van der Waals surface area contributed by atoms with Crippen LogP contribution in [0.4, 0.5) is 5.69 Å². The molecule has 2 rings (SSSR count). The van der Waals surface area contributed by atoms with E-state index in [1.807, 2.05) is 13.0 Å². The van der Waals surface area contributed by atoms with Crippen molar-refractivity contribution in [1.82, 2.24) is 5.32 Å². The first-order valence-corrected chi connectivity index (χ1v) is 7.35. The summed E-state index contributed by atoms with van der Waals surface area (Å²) < 4.78 is 5.34. The van der Waals surface area contributed by atoms with Crippen molar-refractivity contribution in [3.8, 4) is 5.75 Å². The Morgan fingerprint density at radius 1 is 1.39 bits per heavy atom. The first-order chi connectivity index (χ1) is 10.8. The predicted molar refractivity (Wildman–Crippen MR) is 83.4 cm³/mol. The summed E-state index contributed by atoms with van der Waals surface area (Å²) >= 11 is 0. The zero-order chi connectivity index (χ0) is 17.1. The van der Waals surface area contributed by atoms with Gasteiger partial charge in [0.05, 0.1) is 5.69 Å². The monoisotopic (exact) mass is 320 g/mol. The maximum absolute atomic E-state index is 12.2. The van der Waals surface area contributed by atoms with Gasteiger partial charge in [0.25, 0.3) is 5.91 Å². The number of nitrogens with one attached hydrogen (secondary N) is 1. The molecule has 2 N–H and O–H groups in total. The largest absolute Gasteiger partial charge is 0.482 e. The predicted octanol–water partition coefficient (Wildman–Crippen LogP) is 0.946. The Morgan fingerprint density at radius 2 is 2.09 bits per heavy atom. The molecule has 0 radical (unpaired) electrons. The molecule has 0 aromatic heterocycles. The van der Waals surface area contributed by atoms with Crippen molar-refractivity contribution in [3.63, 3.8) is 0 Å². The van der Waals surface area contributed by atoms with Crippen molar-refractivity contribution in [1.29, 1.82) is 0 Å². The molecule has 1 aliphatic heterocycles. The van der Waals surface area contributed by atoms with Crippen LogP contribution in [-0.4, -0.2) is 42.1 Å². The Bertz CT molecular complexity index is 641. The highest BCUT2D eigenvalue weighted by Gasteiger charge is 2.29. The summed E-state index contributed by atoms with van der Waals surface area (Å²) in [6.45, 7) is 4.90. The van der Waals surface area contributed by atoms with Gasteiger partial charge in [-0.25, -0.2) is 4.79 Å². The summed E-state index contributed by atoms with van der Waals surface area (Å²) in [6.07, 6.45) is 0. The Balaban J connectivity index is 2.16. The zero-order valence-electron chi connectivity index (χ0n) is 13.3. The Morgan fingerprint density at radius 3 is 2.70 bits per heavy atom. The fourth-order valence-electron chi connectivity index (χ4n) is 2.36. The Kier molecular flexibility index (Phi) is 4.88. The number of hydrogen-bond acceptors (Lipinski definition) is 4. The molecule has 1 aliphatic rings. The smallest absolute Gasteiger partial charge is 0.326 e. The van der Waals surface area contributed by atoms with Crippen molar-refractivity contribution < 1.29 is 24.2 Å². The SMILES string of the molecule is Cc1ccc2c(c1)N(CC(=O)NC(C(=O)O)C(C)C)C(=O)CO2. The first-order valence-electron chi connectivity index (χ1n) is 7.35. The maximum Gasteiger partial charge on any atom is 0.326 e. The zero-order valence-corrected chi connectivity index (χ0v) is 13.3. The van der Waals surface area contributed by atoms with Crippen LogP contribution < -0.4 is 15.0 Å². The van der Waals surface area contributed by atoms with Crippen LogP contribution in [0.25, 0.3) is 0 Å². The number of aryl methyl sites for hydroxylation is 1. The van der Waals surface area contributed by atoms with Gasteiger partial charge in [0.15, 0.2) is 6.61 Å². The van der Waals surface area contributed by atoms with Crippen molar-refractivity contribution in [2.24, 2.45) is 5.92 Å². The van der Waals surface area contributed by atoms with Crippen molar-refractivity contribution in [2.75, 3.05) is 18.1 Å². The van der Waals surface area contributed by atoms with E-state index in [0.717, 1.165) is 5.56 Å². The lowest BCUT2D eigenvalue weighted by Crippen LogP contribution is -2.50. The summed E-state index contributed by atoms with van der Waals surface area (Å²) in [4.78, 5) is 36.7. The van der Waals surface area contributed by atoms with E-state index in [9.17, 15) is 14.4 Å². The topological polar surface area (TPSA) is 95.9 Å². The number of carboxylic acid groups (broad SMARTS) is 1. The molecule has 0 fully saturated rings. The number of nitrogens with zero attached hydrogens (tertiary/aromatic N) is 1. The number of carbonyl (C=O) groups is 3. The lowest BCUT2D eigenvalue weighted by Gasteiger charge is -2.29. The highest BCUT2D eigenvalue weighted by molar-refractivity contribution is 6.02. The fraction of sp³-hybridized carbons (Fsp3) is 0.438. The van der Waals surface area contributed by atoms with Crippen molar-refractivity contribution in [3.05, 3.63) is 23.8 Å². The van der Waals surface area contributed by atoms with Crippen LogP contribution >= 0.6 is 0 Å². The van der Waals surface area contributed by atoms with E-state index in [1.165, 1.54) is 4.90 Å². The molecule has 1 atom stereocenters. The molecule has 1 aromatic carbocycles. The van der Waals surface area contributed by atoms with Crippen LogP contribution in [0, 0.1) is 12.8 Å². The van der Waals surface area contributed by atoms with E-state index in [2.05, 4.69) is 5.32 Å². The number of hydrogen-bond donors (Lipinski definition) is 2. The highest BCUT2D eigenvalue weighted by Crippen LogP contribution is 2.32. The molecular formula is C16H20N2O5. The summed E-state index contributed by atoms with van der Waals surface area (Å²) in [5, 5.41) is 11.6. The molecule has 23 heavy (non-hydrogen) atoms. The van der Waals surface area contributed by atoms with Gasteiger partial charge in [-0.2, -0.15) is 0 Å². The first kappa shape index (κ1) is 16.8. The molecule has 1 heterocycles. The Labute approximate surface area is 134 Å². The average Bonchev–Trinajstić information content (AvgIpc) is 2.47. The number of anilines is 1. The molecule has 1 unspecified atom stereocenters. The van der Waals surface area contributed by atoms with Crippen LogP contribution in [0.5, 0.6) is 5.75 Å². The average molecular weight is 320 g/mol. The van der Waals surface area contributed by atoms with Crippen molar-refractivity contribution in [2.45, 2.75) is 26.8 Å². The van der Waals surface area contributed by atoms with E-state index < -0.39 is 17.9 Å². The highest BCUT2D eigenvalue weighted by atomic mass is 16.5. The van der Waals surface area contributed by atoms with Gasteiger partial charge in [-0.15, -0.1) is 0 Å². The Hall–Kier alpha value is -2.57. The number of fused-ring (bicyclic) bond motifs is 1. The molecule has 7 nitrogen and oxygen atoms in total. The normalized spacial score (nSPS) is 15.0. The standard InChI is InChI=1S/C16H20N2O5/c1-9(2)15(16(21)22)17-13(19)7-18-11-6-10(3)4-5-12(11)23-8-14(18)20/h4-6,9,15H,7-8H2,1-3H3,(H,17,19)(H,21,22). The fourth-order valence-corrected chi connectivity index (χ4v) is 2.36. The second-order valence-electron chi connectivity index (χ2n) is 5.87. The lowest BCUT2D eigenvalue weighted by atomic mass is 10.0. The number of ether oxygens (including phenoxy) is 1. The molecule has 1 aromatic rings. The van der Waals surface area contributed by atoms with Crippen LogP contribution in [0.3, 0.4) is 0 Å². The van der Waals surface area contributed by atoms with Gasteiger partial charge >= 0.3 is 5.97 Å². The van der Waals surface area contributed by atoms with Crippen LogP contribution in [0.1, 0.15) is 19.4 Å². The molecule has 2 amide bonds. The van der Waals surface area contributed by atoms with Gasteiger partial charge in [0, 0.05) is 0 Å². The van der Waals surface area contributed by atoms with Gasteiger partial charge in [-0.3, -0.25) is 14.5 Å². The van der Waals surface area contributed by atoms with Gasteiger partial charge < -0.3 is 15.2 Å². The summed E-state index contributed by atoms with van der Waals surface area (Å²) in [6, 6.07) is 4.37. The number of rotatable bonds is 5. The van der Waals surface area contributed by atoms with Gasteiger partial charge in [-0.05, 0) is 30.5 Å². The minimum absolute atomic E-state index is 0.143. The van der Waals surface area contributed by atoms with Crippen molar-refractivity contribution >= 4 is 23.5 Å². The third kappa shape index (κ3) is 3.80. The molecule has 0 spiro atoms. The molecule has 0 saturated carbocycles. The second-order valence-corrected chi connectivity index (χ2v) is 5.87. The minimum atomic E-state index is -1.10. The van der Waals surface area contributed by atoms with Crippen LogP contribution in [-0.2, 0) is 14.4 Å². The molecule has 0 aliphatic carbocycles. The molecule has 124 valence electrons. The third-order valence-electron chi connectivity index (χ3n) is 3.61. The summed E-state index contributed by atoms with van der Waals surface area (Å²) in [5.41, 5.74) is 1.45. The molecule has 0 bridgehead atoms. The second kappa shape index (κ2) is 6.68. The quantitative estimate of drug-likeness (QED) is 0.842.